The summed E-state index contributed by atoms with van der Waals surface area (Å²) in [5.41, 5.74) is 0.802. The molecule has 6 nitrogen and oxygen atoms in total. The monoisotopic (exact) mass is 452 g/mol. The first kappa shape index (κ1) is 22.8. The molecule has 0 aliphatic heterocycles. The summed E-state index contributed by atoms with van der Waals surface area (Å²) in [6, 6.07) is 13.7. The van der Waals surface area contributed by atoms with Gasteiger partial charge in [0.2, 0.25) is 5.91 Å². The Balaban J connectivity index is 1.84. The Labute approximate surface area is 187 Å². The molecule has 0 radical (unpaired) electrons. The molecule has 0 bridgehead atoms. The summed E-state index contributed by atoms with van der Waals surface area (Å²) in [7, 11) is 0. The third kappa shape index (κ3) is 5.22. The summed E-state index contributed by atoms with van der Waals surface area (Å²) in [6.07, 6.45) is 1.28. The number of carbonyl (C=O) groups excluding carboxylic acids is 2. The zero-order valence-electron chi connectivity index (χ0n) is 17.2. The summed E-state index contributed by atoms with van der Waals surface area (Å²) < 4.78 is 27.5. The number of nitrogens with zero attached hydrogens (tertiary/aromatic N) is 3. The molecule has 2 aromatic carbocycles. The van der Waals surface area contributed by atoms with Crippen LogP contribution in [0.3, 0.4) is 0 Å². The van der Waals surface area contributed by atoms with Crippen molar-refractivity contribution in [2.45, 2.75) is 19.9 Å². The number of aromatic nitrogens is 1. The van der Waals surface area contributed by atoms with Crippen molar-refractivity contribution >= 4 is 40.0 Å². The van der Waals surface area contributed by atoms with Gasteiger partial charge in [0.15, 0.2) is 5.13 Å². The van der Waals surface area contributed by atoms with E-state index in [4.69, 9.17) is 0 Å². The van der Waals surface area contributed by atoms with E-state index in [-0.39, 0.29) is 28.1 Å². The van der Waals surface area contributed by atoms with Gasteiger partial charge in [-0.1, -0.05) is 30.3 Å². The molecule has 1 aromatic heterocycles. The highest BCUT2D eigenvalue weighted by Crippen LogP contribution is 2.31. The van der Waals surface area contributed by atoms with Crippen LogP contribution in [0, 0.1) is 23.0 Å². The molecule has 0 aliphatic rings. The predicted octanol–water partition coefficient (Wildman–Crippen LogP) is 4.89. The average molecular weight is 452 g/mol. The van der Waals surface area contributed by atoms with E-state index in [2.05, 4.69) is 10.3 Å². The van der Waals surface area contributed by atoms with E-state index in [1.165, 1.54) is 18.4 Å². The predicted molar refractivity (Wildman–Crippen MR) is 118 cm³/mol. The highest BCUT2D eigenvalue weighted by atomic mass is 32.1. The maximum absolute atomic E-state index is 14.2. The largest absolute Gasteiger partial charge is 0.345 e. The highest BCUT2D eigenvalue weighted by Gasteiger charge is 2.22. The molecule has 9 heteroatoms. The van der Waals surface area contributed by atoms with Crippen molar-refractivity contribution in [3.05, 3.63) is 82.4 Å². The van der Waals surface area contributed by atoms with Crippen molar-refractivity contribution in [3.63, 3.8) is 0 Å². The molecule has 162 valence electrons. The first-order valence-corrected chi connectivity index (χ1v) is 10.4. The fourth-order valence-corrected chi connectivity index (χ4v) is 3.75. The van der Waals surface area contributed by atoms with Crippen molar-refractivity contribution in [2.75, 3.05) is 4.90 Å². The van der Waals surface area contributed by atoms with Crippen LogP contribution >= 0.6 is 11.3 Å². The van der Waals surface area contributed by atoms with Crippen molar-refractivity contribution in [1.82, 2.24) is 10.3 Å². The van der Waals surface area contributed by atoms with Crippen molar-refractivity contribution in [2.24, 2.45) is 0 Å². The summed E-state index contributed by atoms with van der Waals surface area (Å²) in [4.78, 5) is 29.9. The Hall–Kier alpha value is -3.90. The van der Waals surface area contributed by atoms with E-state index in [9.17, 15) is 23.6 Å². The lowest BCUT2D eigenvalue weighted by molar-refractivity contribution is -0.118. The zero-order valence-corrected chi connectivity index (χ0v) is 18.0. The van der Waals surface area contributed by atoms with Crippen LogP contribution in [0.4, 0.5) is 19.6 Å². The molecule has 1 N–H and O–H groups in total. The Morgan fingerprint density at radius 3 is 2.56 bits per heavy atom. The number of nitrogens with one attached hydrogen (secondary N) is 1. The number of benzene rings is 2. The molecule has 32 heavy (non-hydrogen) atoms. The van der Waals surface area contributed by atoms with Crippen LogP contribution in [0.5, 0.6) is 0 Å². The van der Waals surface area contributed by atoms with E-state index in [0.717, 1.165) is 33.9 Å². The summed E-state index contributed by atoms with van der Waals surface area (Å²) in [6.45, 7) is 3.02. The number of amides is 2. The molecule has 3 aromatic rings. The Morgan fingerprint density at radius 1 is 1.22 bits per heavy atom. The second-order valence-corrected chi connectivity index (χ2v) is 7.62. The third-order valence-corrected chi connectivity index (χ3v) is 5.32. The summed E-state index contributed by atoms with van der Waals surface area (Å²) in [5.74, 6) is -2.80. The molecule has 3 rings (SSSR count). The molecule has 1 atom stereocenters. The minimum Gasteiger partial charge on any atom is -0.345 e. The standard InChI is InChI=1S/C23H18F2N4O2S/c1-14(16-6-4-3-5-7-16)27-22(31)17(12-26)10-19-13-32-23(28-19)29(15(2)30)21-9-8-18(24)11-20(21)25/h3-11,13-14H,1-2H3,(H,27,31)/b17-10+. The summed E-state index contributed by atoms with van der Waals surface area (Å²) >= 11 is 1.02. The van der Waals surface area contributed by atoms with Gasteiger partial charge in [-0.05, 0) is 30.7 Å². The van der Waals surface area contributed by atoms with Crippen LogP contribution in [0.25, 0.3) is 6.08 Å². The van der Waals surface area contributed by atoms with Crippen molar-refractivity contribution in [1.29, 1.82) is 5.26 Å². The van der Waals surface area contributed by atoms with Crippen LogP contribution in [0.1, 0.15) is 31.1 Å². The minimum atomic E-state index is -0.917. The highest BCUT2D eigenvalue weighted by molar-refractivity contribution is 7.14. The number of halogens is 2. The molecule has 0 aliphatic carbocycles. The average Bonchev–Trinajstić information content (AvgIpc) is 3.22. The Kier molecular flexibility index (Phi) is 7.07. The fraction of sp³-hybridized carbons (Fsp3) is 0.130. The van der Waals surface area contributed by atoms with Gasteiger partial charge in [-0.15, -0.1) is 11.3 Å². The number of carbonyl (C=O) groups is 2. The number of thiazole rings is 1. The van der Waals surface area contributed by atoms with Gasteiger partial charge in [0.1, 0.15) is 23.3 Å². The molecule has 0 saturated carbocycles. The fourth-order valence-electron chi connectivity index (χ4n) is 2.91. The molecule has 1 heterocycles. The number of anilines is 2. The van der Waals surface area contributed by atoms with E-state index in [1.54, 1.807) is 6.92 Å². The molecular formula is C23H18F2N4O2S. The van der Waals surface area contributed by atoms with Gasteiger partial charge >= 0.3 is 0 Å². The van der Waals surface area contributed by atoms with E-state index < -0.39 is 23.4 Å². The van der Waals surface area contributed by atoms with Crippen LogP contribution in [0.2, 0.25) is 0 Å². The second kappa shape index (κ2) is 9.94. The number of hydrogen-bond acceptors (Lipinski definition) is 5. The van der Waals surface area contributed by atoms with Gasteiger partial charge in [0, 0.05) is 18.4 Å². The molecule has 0 spiro atoms. The van der Waals surface area contributed by atoms with E-state index >= 15 is 0 Å². The van der Waals surface area contributed by atoms with E-state index in [0.29, 0.717) is 6.07 Å². The Bertz CT molecular complexity index is 1220. The van der Waals surface area contributed by atoms with Gasteiger partial charge < -0.3 is 5.32 Å². The van der Waals surface area contributed by atoms with Crippen molar-refractivity contribution < 1.29 is 18.4 Å². The van der Waals surface area contributed by atoms with E-state index in [1.807, 2.05) is 36.4 Å². The SMILES string of the molecule is CC(=O)N(c1nc(/C=C(\C#N)C(=O)NC(C)c2ccccc2)cs1)c1ccc(F)cc1F. The summed E-state index contributed by atoms with van der Waals surface area (Å²) in [5, 5.41) is 13.8. The second-order valence-electron chi connectivity index (χ2n) is 6.78. The minimum absolute atomic E-state index is 0.115. The third-order valence-electron chi connectivity index (χ3n) is 4.47. The topological polar surface area (TPSA) is 86.1 Å². The van der Waals surface area contributed by atoms with Crippen LogP contribution in [-0.2, 0) is 9.59 Å². The first-order valence-electron chi connectivity index (χ1n) is 9.49. The van der Waals surface area contributed by atoms with Gasteiger partial charge in [0.05, 0.1) is 17.4 Å². The maximum Gasteiger partial charge on any atom is 0.262 e. The number of rotatable bonds is 6. The van der Waals surface area contributed by atoms with Gasteiger partial charge in [-0.2, -0.15) is 5.26 Å². The molecular weight excluding hydrogens is 434 g/mol. The molecule has 1 unspecified atom stereocenters. The zero-order chi connectivity index (χ0) is 23.3. The lowest BCUT2D eigenvalue weighted by Gasteiger charge is -2.18. The van der Waals surface area contributed by atoms with Gasteiger partial charge in [-0.3, -0.25) is 14.5 Å². The van der Waals surface area contributed by atoms with Crippen LogP contribution in [0.15, 0.2) is 59.5 Å². The first-order chi connectivity index (χ1) is 15.3. The lowest BCUT2D eigenvalue weighted by Crippen LogP contribution is -2.27. The Morgan fingerprint density at radius 2 is 1.94 bits per heavy atom. The molecule has 0 saturated heterocycles. The van der Waals surface area contributed by atoms with Crippen molar-refractivity contribution in [3.8, 4) is 6.07 Å². The maximum atomic E-state index is 14.2. The smallest absolute Gasteiger partial charge is 0.262 e. The van der Waals surface area contributed by atoms with Gasteiger partial charge in [0.25, 0.3) is 5.91 Å². The van der Waals surface area contributed by atoms with Crippen LogP contribution < -0.4 is 10.2 Å². The van der Waals surface area contributed by atoms with Crippen LogP contribution in [-0.4, -0.2) is 16.8 Å². The number of nitriles is 1. The normalized spacial score (nSPS) is 12.0. The van der Waals surface area contributed by atoms with Gasteiger partial charge in [-0.25, -0.2) is 13.8 Å². The number of hydrogen-bond donors (Lipinski definition) is 1. The quantitative estimate of drug-likeness (QED) is 0.426. The molecule has 2 amide bonds. The molecule has 0 fully saturated rings. The lowest BCUT2D eigenvalue weighted by atomic mass is 10.1.